The smallest absolute Gasteiger partial charge is 0.331 e. The van der Waals surface area contributed by atoms with E-state index in [-0.39, 0.29) is 0 Å². The molecule has 0 unspecified atom stereocenters. The Morgan fingerprint density at radius 1 is 1.24 bits per heavy atom. The number of thiophene rings is 1. The predicted octanol–water partition coefficient (Wildman–Crippen LogP) is 3.74. The molecule has 0 spiro atoms. The van der Waals surface area contributed by atoms with Gasteiger partial charge in [0.25, 0.3) is 5.91 Å². The molecule has 0 saturated heterocycles. The Balaban J connectivity index is 1.89. The van der Waals surface area contributed by atoms with Crippen molar-refractivity contribution in [1.82, 2.24) is 0 Å². The maximum atomic E-state index is 11.8. The lowest BCUT2D eigenvalue weighted by Crippen LogP contribution is -2.20. The Hall–Kier alpha value is -2.91. The van der Waals surface area contributed by atoms with Crippen LogP contribution in [0.2, 0.25) is 0 Å². The van der Waals surface area contributed by atoms with Crippen molar-refractivity contribution in [2.75, 3.05) is 11.9 Å². The van der Waals surface area contributed by atoms with Crippen LogP contribution in [0.25, 0.3) is 6.08 Å². The Morgan fingerprint density at radius 2 is 1.96 bits per heavy atom. The highest BCUT2D eigenvalue weighted by Crippen LogP contribution is 2.21. The topological polar surface area (TPSA) is 79.2 Å². The molecular formula is C19H18N2O3S. The molecule has 5 nitrogen and oxygen atoms in total. The van der Waals surface area contributed by atoms with Gasteiger partial charge in [-0.1, -0.05) is 12.1 Å². The van der Waals surface area contributed by atoms with Crippen molar-refractivity contribution in [3.05, 3.63) is 57.5 Å². The number of amides is 1. The van der Waals surface area contributed by atoms with Gasteiger partial charge in [0, 0.05) is 6.08 Å². The number of benzene rings is 1. The van der Waals surface area contributed by atoms with Crippen LogP contribution >= 0.6 is 11.3 Å². The summed E-state index contributed by atoms with van der Waals surface area (Å²) in [5.74, 6) is -1.08. The van der Waals surface area contributed by atoms with Crippen molar-refractivity contribution in [2.24, 2.45) is 0 Å². The van der Waals surface area contributed by atoms with Crippen LogP contribution < -0.4 is 5.32 Å². The molecule has 0 radical (unpaired) electrons. The molecule has 0 saturated carbocycles. The lowest BCUT2D eigenvalue weighted by Gasteiger charge is -2.06. The van der Waals surface area contributed by atoms with Gasteiger partial charge in [0.1, 0.15) is 11.1 Å². The van der Waals surface area contributed by atoms with Gasteiger partial charge in [-0.2, -0.15) is 5.26 Å². The Kier molecular flexibility index (Phi) is 6.09. The van der Waals surface area contributed by atoms with Gasteiger partial charge in [0.05, 0.1) is 5.56 Å². The summed E-state index contributed by atoms with van der Waals surface area (Å²) in [5, 5.41) is 13.6. The number of nitriles is 1. The number of esters is 1. The zero-order chi connectivity index (χ0) is 18.4. The first-order valence-electron chi connectivity index (χ1n) is 7.61. The van der Waals surface area contributed by atoms with Crippen LogP contribution in [0.4, 0.5) is 5.00 Å². The number of ether oxygens (including phenoxy) is 1. The quantitative estimate of drug-likeness (QED) is 0.655. The third-order valence-electron chi connectivity index (χ3n) is 3.67. The Morgan fingerprint density at radius 3 is 2.68 bits per heavy atom. The standard InChI is InChI=1S/C19H18N2O3S/c1-12-8-14(3)15(9-13(12)2)4-5-18(23)24-11-17(22)21-19-16(10-20)6-7-25-19/h4-9H,11H2,1-3H3,(H,21,22)/b5-4+. The first-order chi connectivity index (χ1) is 11.9. The molecule has 0 aliphatic carbocycles. The van der Waals surface area contributed by atoms with Crippen LogP contribution in [-0.2, 0) is 14.3 Å². The van der Waals surface area contributed by atoms with Crippen LogP contribution in [0.5, 0.6) is 0 Å². The summed E-state index contributed by atoms with van der Waals surface area (Å²) < 4.78 is 4.93. The summed E-state index contributed by atoms with van der Waals surface area (Å²) in [7, 11) is 0. The highest BCUT2D eigenvalue weighted by molar-refractivity contribution is 7.14. The van der Waals surface area contributed by atoms with E-state index in [4.69, 9.17) is 10.00 Å². The van der Waals surface area contributed by atoms with E-state index in [1.54, 1.807) is 17.5 Å². The summed E-state index contributed by atoms with van der Waals surface area (Å²) >= 11 is 1.24. The molecule has 1 heterocycles. The minimum atomic E-state index is -0.598. The molecule has 25 heavy (non-hydrogen) atoms. The Bertz CT molecular complexity index is 875. The molecule has 128 valence electrons. The SMILES string of the molecule is Cc1cc(C)c(/C=C/C(=O)OCC(=O)Nc2sccc2C#N)cc1C. The van der Waals surface area contributed by atoms with Gasteiger partial charge in [-0.15, -0.1) is 11.3 Å². The molecule has 0 aliphatic heterocycles. The first-order valence-corrected chi connectivity index (χ1v) is 8.49. The number of carbonyl (C=O) groups excluding carboxylic acids is 2. The van der Waals surface area contributed by atoms with Crippen LogP contribution in [0, 0.1) is 32.1 Å². The summed E-state index contributed by atoms with van der Waals surface area (Å²) in [6, 6.07) is 7.65. The van der Waals surface area contributed by atoms with Gasteiger partial charge < -0.3 is 10.1 Å². The number of nitrogens with zero attached hydrogens (tertiary/aromatic N) is 1. The summed E-state index contributed by atoms with van der Waals surface area (Å²) in [6.45, 7) is 5.61. The fourth-order valence-electron chi connectivity index (χ4n) is 2.16. The summed E-state index contributed by atoms with van der Waals surface area (Å²) in [4.78, 5) is 23.5. The second kappa shape index (κ2) is 8.27. The monoisotopic (exact) mass is 354 g/mol. The molecular weight excluding hydrogens is 336 g/mol. The van der Waals surface area contributed by atoms with Crippen LogP contribution in [0.15, 0.2) is 29.7 Å². The van der Waals surface area contributed by atoms with Crippen LogP contribution in [0.3, 0.4) is 0 Å². The van der Waals surface area contributed by atoms with Crippen molar-refractivity contribution in [2.45, 2.75) is 20.8 Å². The van der Waals surface area contributed by atoms with E-state index < -0.39 is 18.5 Å². The van der Waals surface area contributed by atoms with Crippen molar-refractivity contribution < 1.29 is 14.3 Å². The molecule has 0 bridgehead atoms. The van der Waals surface area contributed by atoms with E-state index >= 15 is 0 Å². The van der Waals surface area contributed by atoms with Crippen LogP contribution in [0.1, 0.15) is 27.8 Å². The average molecular weight is 354 g/mol. The van der Waals surface area contributed by atoms with E-state index in [9.17, 15) is 9.59 Å². The van der Waals surface area contributed by atoms with Crippen molar-refractivity contribution in [3.8, 4) is 6.07 Å². The van der Waals surface area contributed by atoms with E-state index in [0.717, 1.165) is 16.7 Å². The second-order valence-electron chi connectivity index (χ2n) is 5.56. The maximum absolute atomic E-state index is 11.8. The minimum Gasteiger partial charge on any atom is -0.452 e. The highest BCUT2D eigenvalue weighted by Gasteiger charge is 2.10. The predicted molar refractivity (Wildman–Crippen MR) is 98.3 cm³/mol. The van der Waals surface area contributed by atoms with E-state index in [1.165, 1.54) is 23.0 Å². The number of rotatable bonds is 5. The normalized spacial score (nSPS) is 10.5. The molecule has 0 aliphatic rings. The molecule has 1 aromatic heterocycles. The van der Waals surface area contributed by atoms with E-state index in [1.807, 2.05) is 32.9 Å². The number of nitrogens with one attached hydrogen (secondary N) is 1. The van der Waals surface area contributed by atoms with Gasteiger partial charge in [-0.05, 0) is 60.5 Å². The zero-order valence-electron chi connectivity index (χ0n) is 14.3. The number of hydrogen-bond acceptors (Lipinski definition) is 5. The number of carbonyl (C=O) groups is 2. The van der Waals surface area contributed by atoms with E-state index in [2.05, 4.69) is 11.4 Å². The van der Waals surface area contributed by atoms with Gasteiger partial charge in [-0.25, -0.2) is 4.79 Å². The fraction of sp³-hybridized carbons (Fsp3) is 0.211. The van der Waals surface area contributed by atoms with Gasteiger partial charge in [0.2, 0.25) is 0 Å². The van der Waals surface area contributed by atoms with Crippen molar-refractivity contribution >= 4 is 34.3 Å². The van der Waals surface area contributed by atoms with Crippen molar-refractivity contribution in [3.63, 3.8) is 0 Å². The molecule has 0 atom stereocenters. The molecule has 2 rings (SSSR count). The zero-order valence-corrected chi connectivity index (χ0v) is 15.1. The second-order valence-corrected chi connectivity index (χ2v) is 6.47. The largest absolute Gasteiger partial charge is 0.452 e. The first kappa shape index (κ1) is 18.4. The fourth-order valence-corrected chi connectivity index (χ4v) is 2.92. The molecule has 1 aromatic carbocycles. The molecule has 1 N–H and O–H groups in total. The highest BCUT2D eigenvalue weighted by atomic mass is 32.1. The summed E-state index contributed by atoms with van der Waals surface area (Å²) in [5.41, 5.74) is 4.71. The van der Waals surface area contributed by atoms with Gasteiger partial charge in [-0.3, -0.25) is 4.79 Å². The van der Waals surface area contributed by atoms with E-state index in [0.29, 0.717) is 10.6 Å². The molecule has 6 heteroatoms. The number of aryl methyl sites for hydroxylation is 3. The third kappa shape index (κ3) is 5.03. The minimum absolute atomic E-state index is 0.384. The van der Waals surface area contributed by atoms with Crippen LogP contribution in [-0.4, -0.2) is 18.5 Å². The maximum Gasteiger partial charge on any atom is 0.331 e. The molecule has 1 amide bonds. The third-order valence-corrected chi connectivity index (χ3v) is 4.50. The average Bonchev–Trinajstić information content (AvgIpc) is 3.02. The summed E-state index contributed by atoms with van der Waals surface area (Å²) in [6.07, 6.45) is 2.98. The number of anilines is 1. The molecule has 0 fully saturated rings. The van der Waals surface area contributed by atoms with Crippen molar-refractivity contribution in [1.29, 1.82) is 5.26 Å². The number of hydrogen-bond donors (Lipinski definition) is 1. The Labute approximate surface area is 150 Å². The lowest BCUT2D eigenvalue weighted by atomic mass is 10.0. The van der Waals surface area contributed by atoms with Gasteiger partial charge >= 0.3 is 5.97 Å². The lowest BCUT2D eigenvalue weighted by molar-refractivity contribution is -0.142. The van der Waals surface area contributed by atoms with Gasteiger partial charge in [0.15, 0.2) is 6.61 Å². The molecule has 2 aromatic rings.